The van der Waals surface area contributed by atoms with Crippen molar-refractivity contribution in [2.75, 3.05) is 25.2 Å². The van der Waals surface area contributed by atoms with Gasteiger partial charge in [-0.2, -0.15) is 0 Å². The van der Waals surface area contributed by atoms with Gasteiger partial charge in [0, 0.05) is 30.0 Å². The van der Waals surface area contributed by atoms with E-state index >= 15 is 0 Å². The second-order valence-electron chi connectivity index (χ2n) is 6.38. The zero-order valence-corrected chi connectivity index (χ0v) is 13.5. The second kappa shape index (κ2) is 5.98. The minimum atomic E-state index is -0.262. The third-order valence-electron chi connectivity index (χ3n) is 4.11. The van der Waals surface area contributed by atoms with E-state index in [1.165, 1.54) is 12.1 Å². The molecule has 1 aliphatic heterocycles. The molecular formula is C18H19FN4. The van der Waals surface area contributed by atoms with Crippen LogP contribution in [0.4, 0.5) is 10.3 Å². The van der Waals surface area contributed by atoms with Crippen molar-refractivity contribution in [3.05, 3.63) is 53.6 Å². The van der Waals surface area contributed by atoms with E-state index in [0.717, 1.165) is 30.3 Å². The van der Waals surface area contributed by atoms with Gasteiger partial charge in [0.25, 0.3) is 0 Å². The molecule has 0 atom stereocenters. The first-order valence-electron chi connectivity index (χ1n) is 7.50. The molecule has 0 N–H and O–H groups in total. The summed E-state index contributed by atoms with van der Waals surface area (Å²) in [6.07, 6.45) is 3.45. The first-order chi connectivity index (χ1) is 10.9. The quantitative estimate of drug-likeness (QED) is 0.758. The van der Waals surface area contributed by atoms with Crippen molar-refractivity contribution in [2.24, 2.45) is 0 Å². The summed E-state index contributed by atoms with van der Waals surface area (Å²) in [5.41, 5.74) is 1.62. The second-order valence-corrected chi connectivity index (χ2v) is 6.38. The molecule has 23 heavy (non-hydrogen) atoms. The highest BCUT2D eigenvalue weighted by atomic mass is 19.1. The standard InChI is InChI=1S/C18H19FN4/c1-18(2)12-23(13-22(18)3)17-20-10-15(11-21-17)5-4-14-6-8-16(19)9-7-14/h6-11H,12-13H2,1-3H3. The molecule has 1 aliphatic rings. The molecule has 4 nitrogen and oxygen atoms in total. The van der Waals surface area contributed by atoms with E-state index in [1.54, 1.807) is 24.5 Å². The molecule has 1 fully saturated rings. The van der Waals surface area contributed by atoms with Gasteiger partial charge in [0.2, 0.25) is 5.95 Å². The first-order valence-corrected chi connectivity index (χ1v) is 7.50. The molecule has 0 radical (unpaired) electrons. The largest absolute Gasteiger partial charge is 0.326 e. The lowest BCUT2D eigenvalue weighted by atomic mass is 10.1. The van der Waals surface area contributed by atoms with Gasteiger partial charge in [-0.1, -0.05) is 11.8 Å². The summed E-state index contributed by atoms with van der Waals surface area (Å²) in [4.78, 5) is 13.3. The number of hydrogen-bond donors (Lipinski definition) is 0. The lowest BCUT2D eigenvalue weighted by molar-refractivity contribution is 0.229. The molecule has 0 saturated carbocycles. The summed E-state index contributed by atoms with van der Waals surface area (Å²) in [5.74, 6) is 6.43. The summed E-state index contributed by atoms with van der Waals surface area (Å²) in [7, 11) is 2.10. The van der Waals surface area contributed by atoms with Crippen LogP contribution in [0.1, 0.15) is 25.0 Å². The van der Waals surface area contributed by atoms with Crippen LogP contribution >= 0.6 is 0 Å². The molecular weight excluding hydrogens is 291 g/mol. The SMILES string of the molecule is CN1CN(c2ncc(C#Cc3ccc(F)cc3)cn2)CC1(C)C. The Morgan fingerprint density at radius 3 is 2.22 bits per heavy atom. The minimum absolute atomic E-state index is 0.115. The average Bonchev–Trinajstić information content (AvgIpc) is 2.81. The fourth-order valence-electron chi connectivity index (χ4n) is 2.45. The van der Waals surface area contributed by atoms with Crippen LogP contribution in [0.2, 0.25) is 0 Å². The van der Waals surface area contributed by atoms with Crippen LogP contribution in [-0.2, 0) is 0 Å². The maximum absolute atomic E-state index is 12.8. The summed E-state index contributed by atoms with van der Waals surface area (Å²) in [6, 6.07) is 6.10. The van der Waals surface area contributed by atoms with E-state index in [4.69, 9.17) is 0 Å². The van der Waals surface area contributed by atoms with Crippen LogP contribution in [0.5, 0.6) is 0 Å². The van der Waals surface area contributed by atoms with E-state index in [1.807, 2.05) is 0 Å². The molecule has 2 heterocycles. The number of rotatable bonds is 1. The Labute approximate surface area is 136 Å². The van der Waals surface area contributed by atoms with E-state index in [-0.39, 0.29) is 11.4 Å². The highest BCUT2D eigenvalue weighted by Crippen LogP contribution is 2.24. The van der Waals surface area contributed by atoms with Gasteiger partial charge in [0.1, 0.15) is 5.82 Å². The van der Waals surface area contributed by atoms with Gasteiger partial charge in [0.05, 0.1) is 12.2 Å². The Balaban J connectivity index is 1.72. The van der Waals surface area contributed by atoms with Crippen LogP contribution in [-0.4, -0.2) is 40.7 Å². The number of hydrogen-bond acceptors (Lipinski definition) is 4. The Morgan fingerprint density at radius 2 is 1.65 bits per heavy atom. The Bertz CT molecular complexity index is 741. The Morgan fingerprint density at radius 1 is 1.04 bits per heavy atom. The third-order valence-corrected chi connectivity index (χ3v) is 4.11. The van der Waals surface area contributed by atoms with E-state index < -0.39 is 0 Å². The van der Waals surface area contributed by atoms with Crippen molar-refractivity contribution in [3.63, 3.8) is 0 Å². The fraction of sp³-hybridized carbons (Fsp3) is 0.333. The van der Waals surface area contributed by atoms with Crippen molar-refractivity contribution in [2.45, 2.75) is 19.4 Å². The molecule has 118 valence electrons. The Kier molecular flexibility index (Phi) is 4.01. The van der Waals surface area contributed by atoms with Gasteiger partial charge in [0.15, 0.2) is 0 Å². The minimum Gasteiger partial charge on any atom is -0.326 e. The number of benzene rings is 1. The number of likely N-dealkylation sites (N-methyl/N-ethyl adjacent to an activating group) is 1. The van der Waals surface area contributed by atoms with Gasteiger partial charge in [-0.15, -0.1) is 0 Å². The van der Waals surface area contributed by atoms with Crippen molar-refractivity contribution in [1.29, 1.82) is 0 Å². The number of halogens is 1. The maximum atomic E-state index is 12.8. The fourth-order valence-corrected chi connectivity index (χ4v) is 2.45. The van der Waals surface area contributed by atoms with E-state index in [9.17, 15) is 4.39 Å². The van der Waals surface area contributed by atoms with Crippen LogP contribution in [0.25, 0.3) is 0 Å². The molecule has 0 unspecified atom stereocenters. The van der Waals surface area contributed by atoms with Crippen molar-refractivity contribution in [3.8, 4) is 11.8 Å². The van der Waals surface area contributed by atoms with Gasteiger partial charge >= 0.3 is 0 Å². The maximum Gasteiger partial charge on any atom is 0.226 e. The van der Waals surface area contributed by atoms with E-state index in [2.05, 4.69) is 52.5 Å². The average molecular weight is 310 g/mol. The lowest BCUT2D eigenvalue weighted by Gasteiger charge is -2.24. The Hall–Kier alpha value is -2.45. The molecule has 1 aromatic carbocycles. The van der Waals surface area contributed by atoms with Crippen molar-refractivity contribution in [1.82, 2.24) is 14.9 Å². The predicted molar refractivity (Wildman–Crippen MR) is 88.5 cm³/mol. The van der Waals surface area contributed by atoms with Crippen LogP contribution in [0, 0.1) is 17.7 Å². The summed E-state index contributed by atoms with van der Waals surface area (Å²) >= 11 is 0. The van der Waals surface area contributed by atoms with Gasteiger partial charge in [-0.05, 0) is 45.2 Å². The zero-order valence-electron chi connectivity index (χ0n) is 13.5. The van der Waals surface area contributed by atoms with Crippen LogP contribution in [0.3, 0.4) is 0 Å². The van der Waals surface area contributed by atoms with Gasteiger partial charge in [-0.3, -0.25) is 4.90 Å². The number of nitrogens with zero attached hydrogens (tertiary/aromatic N) is 4. The number of aromatic nitrogens is 2. The zero-order chi connectivity index (χ0) is 16.4. The molecule has 1 aromatic heterocycles. The summed E-state index contributed by atoms with van der Waals surface area (Å²) in [6.45, 7) is 6.11. The molecule has 0 amide bonds. The molecule has 5 heteroatoms. The van der Waals surface area contributed by atoms with Gasteiger partial charge in [-0.25, -0.2) is 14.4 Å². The lowest BCUT2D eigenvalue weighted by Crippen LogP contribution is -2.36. The third kappa shape index (κ3) is 3.49. The highest BCUT2D eigenvalue weighted by molar-refractivity contribution is 5.42. The van der Waals surface area contributed by atoms with Crippen LogP contribution in [0.15, 0.2) is 36.7 Å². The topological polar surface area (TPSA) is 32.3 Å². The monoisotopic (exact) mass is 310 g/mol. The molecule has 0 aliphatic carbocycles. The first kappa shape index (κ1) is 15.4. The van der Waals surface area contributed by atoms with Crippen LogP contribution < -0.4 is 4.90 Å². The molecule has 2 aromatic rings. The van der Waals surface area contributed by atoms with Crippen molar-refractivity contribution < 1.29 is 4.39 Å². The number of anilines is 1. The normalized spacial score (nSPS) is 17.0. The van der Waals surface area contributed by atoms with E-state index in [0.29, 0.717) is 0 Å². The summed E-state index contributed by atoms with van der Waals surface area (Å²) in [5, 5.41) is 0. The highest BCUT2D eigenvalue weighted by Gasteiger charge is 2.35. The molecule has 3 rings (SSSR count). The summed E-state index contributed by atoms with van der Waals surface area (Å²) < 4.78 is 12.8. The molecule has 0 bridgehead atoms. The smallest absolute Gasteiger partial charge is 0.226 e. The van der Waals surface area contributed by atoms with Crippen molar-refractivity contribution >= 4 is 5.95 Å². The van der Waals surface area contributed by atoms with Gasteiger partial charge < -0.3 is 4.90 Å². The molecule has 0 spiro atoms. The predicted octanol–water partition coefficient (Wildman–Crippen LogP) is 2.50. The molecule has 1 saturated heterocycles.